The molecule has 1 aromatic carbocycles. The van der Waals surface area contributed by atoms with Crippen molar-refractivity contribution in [3.8, 4) is 0 Å². The van der Waals surface area contributed by atoms with E-state index in [9.17, 15) is 0 Å². The molecule has 3 atom stereocenters. The fourth-order valence-corrected chi connectivity index (χ4v) is 5.27. The smallest absolute Gasteiger partial charge is 0.0720 e. The molecule has 2 saturated heterocycles. The van der Waals surface area contributed by atoms with E-state index >= 15 is 0 Å². The van der Waals surface area contributed by atoms with Gasteiger partial charge in [-0.15, -0.1) is 0 Å². The highest BCUT2D eigenvalue weighted by Gasteiger charge is 2.43. The van der Waals surface area contributed by atoms with Crippen molar-refractivity contribution in [3.63, 3.8) is 0 Å². The number of hydrogen-bond acceptors (Lipinski definition) is 3. The van der Waals surface area contributed by atoms with E-state index in [0.717, 1.165) is 24.5 Å². The second-order valence-corrected chi connectivity index (χ2v) is 8.72. The van der Waals surface area contributed by atoms with E-state index in [-0.39, 0.29) is 0 Å². The fourth-order valence-electron chi connectivity index (χ4n) is 5.27. The van der Waals surface area contributed by atoms with Crippen LogP contribution in [0.4, 0.5) is 0 Å². The molecule has 2 aliphatic heterocycles. The summed E-state index contributed by atoms with van der Waals surface area (Å²) in [5.41, 5.74) is 1.30. The molecule has 3 heteroatoms. The molecular formula is C22H34N2O. The van der Waals surface area contributed by atoms with Gasteiger partial charge < -0.3 is 9.64 Å². The van der Waals surface area contributed by atoms with Gasteiger partial charge in [-0.3, -0.25) is 4.90 Å². The number of piperidine rings is 1. The largest absolute Gasteiger partial charge is 0.374 e. The average Bonchev–Trinajstić information content (AvgIpc) is 3.19. The zero-order valence-electron chi connectivity index (χ0n) is 15.9. The third-order valence-corrected chi connectivity index (χ3v) is 6.81. The highest BCUT2D eigenvalue weighted by atomic mass is 16.5. The van der Waals surface area contributed by atoms with Crippen LogP contribution >= 0.6 is 0 Å². The Bertz CT molecular complexity index is 524. The minimum absolute atomic E-state index is 0.486. The number of fused-ring (bicyclic) bond motifs is 1. The van der Waals surface area contributed by atoms with Gasteiger partial charge in [0.05, 0.1) is 12.7 Å². The van der Waals surface area contributed by atoms with Gasteiger partial charge in [-0.25, -0.2) is 0 Å². The van der Waals surface area contributed by atoms with Crippen LogP contribution < -0.4 is 0 Å². The Morgan fingerprint density at radius 2 is 1.64 bits per heavy atom. The summed E-state index contributed by atoms with van der Waals surface area (Å²) < 4.78 is 6.22. The van der Waals surface area contributed by atoms with Gasteiger partial charge in [0, 0.05) is 25.2 Å². The molecule has 138 valence electrons. The first-order chi connectivity index (χ1) is 12.2. The van der Waals surface area contributed by atoms with Gasteiger partial charge in [0.1, 0.15) is 0 Å². The lowest BCUT2D eigenvalue weighted by Crippen LogP contribution is -2.46. The predicted octanol–water partition coefficient (Wildman–Crippen LogP) is 3.79. The van der Waals surface area contributed by atoms with E-state index in [1.54, 1.807) is 0 Å². The van der Waals surface area contributed by atoms with Crippen LogP contribution in [0.15, 0.2) is 30.3 Å². The van der Waals surface area contributed by atoms with Crippen molar-refractivity contribution in [2.24, 2.45) is 11.8 Å². The van der Waals surface area contributed by atoms with E-state index < -0.39 is 0 Å². The molecule has 25 heavy (non-hydrogen) atoms. The predicted molar refractivity (Wildman–Crippen MR) is 103 cm³/mol. The first kappa shape index (κ1) is 17.5. The van der Waals surface area contributed by atoms with Crippen molar-refractivity contribution in [1.29, 1.82) is 0 Å². The lowest BCUT2D eigenvalue weighted by Gasteiger charge is -2.39. The van der Waals surface area contributed by atoms with Crippen molar-refractivity contribution in [2.45, 2.75) is 64.3 Å². The lowest BCUT2D eigenvalue weighted by atomic mass is 10.0. The van der Waals surface area contributed by atoms with Crippen LogP contribution in [0.3, 0.4) is 0 Å². The summed E-state index contributed by atoms with van der Waals surface area (Å²) >= 11 is 0. The van der Waals surface area contributed by atoms with E-state index in [2.05, 4.69) is 54.0 Å². The summed E-state index contributed by atoms with van der Waals surface area (Å²) in [5.74, 6) is 1.76. The molecule has 1 saturated carbocycles. The monoisotopic (exact) mass is 342 g/mol. The molecule has 1 aliphatic carbocycles. The zero-order chi connectivity index (χ0) is 17.2. The Balaban J connectivity index is 1.21. The number of rotatable bonds is 5. The average molecular weight is 343 g/mol. The SMILES string of the molecule is CC(C)N1CCC(N2C[C@H]3CC(OCc4ccccc4)C[C@H]3C2)CC1. The minimum atomic E-state index is 0.486. The Hall–Kier alpha value is -0.900. The topological polar surface area (TPSA) is 15.7 Å². The molecule has 0 radical (unpaired) electrons. The van der Waals surface area contributed by atoms with Gasteiger partial charge in [0.2, 0.25) is 0 Å². The van der Waals surface area contributed by atoms with Gasteiger partial charge in [0.15, 0.2) is 0 Å². The molecule has 4 rings (SSSR count). The summed E-state index contributed by atoms with van der Waals surface area (Å²) in [6.45, 7) is 10.7. The molecule has 0 spiro atoms. The third kappa shape index (κ3) is 4.10. The standard InChI is InChI=1S/C22H34N2O/c1-17(2)23-10-8-21(9-11-23)24-14-19-12-22(13-20(19)15-24)25-16-18-6-4-3-5-7-18/h3-7,17,19-22H,8-16H2,1-2H3/t19-,20+,22?. The number of benzene rings is 1. The molecule has 1 aromatic rings. The summed E-state index contributed by atoms with van der Waals surface area (Å²) in [6.07, 6.45) is 5.77. The maximum absolute atomic E-state index is 6.22. The van der Waals surface area contributed by atoms with Gasteiger partial charge in [-0.2, -0.15) is 0 Å². The van der Waals surface area contributed by atoms with Gasteiger partial charge >= 0.3 is 0 Å². The fraction of sp³-hybridized carbons (Fsp3) is 0.727. The minimum Gasteiger partial charge on any atom is -0.374 e. The van der Waals surface area contributed by atoms with Crippen LogP contribution in [0.2, 0.25) is 0 Å². The quantitative estimate of drug-likeness (QED) is 0.810. The maximum atomic E-state index is 6.22. The molecule has 0 amide bonds. The van der Waals surface area contributed by atoms with Crippen LogP contribution in [0.1, 0.15) is 45.1 Å². The summed E-state index contributed by atoms with van der Waals surface area (Å²) in [7, 11) is 0. The van der Waals surface area contributed by atoms with Crippen LogP contribution in [0.5, 0.6) is 0 Å². The molecule has 2 heterocycles. The number of ether oxygens (including phenoxy) is 1. The summed E-state index contributed by atoms with van der Waals surface area (Å²) in [4.78, 5) is 5.46. The second-order valence-electron chi connectivity index (χ2n) is 8.72. The first-order valence-electron chi connectivity index (χ1n) is 10.3. The van der Waals surface area contributed by atoms with Crippen molar-refractivity contribution in [3.05, 3.63) is 35.9 Å². The number of hydrogen-bond donors (Lipinski definition) is 0. The second kappa shape index (κ2) is 7.77. The molecule has 3 fully saturated rings. The third-order valence-electron chi connectivity index (χ3n) is 6.81. The van der Waals surface area contributed by atoms with E-state index in [1.165, 1.54) is 57.4 Å². The van der Waals surface area contributed by atoms with E-state index in [0.29, 0.717) is 12.1 Å². The molecule has 3 nitrogen and oxygen atoms in total. The lowest BCUT2D eigenvalue weighted by molar-refractivity contribution is 0.0336. The maximum Gasteiger partial charge on any atom is 0.0720 e. The van der Waals surface area contributed by atoms with Gasteiger partial charge in [-0.1, -0.05) is 30.3 Å². The van der Waals surface area contributed by atoms with E-state index in [4.69, 9.17) is 4.74 Å². The van der Waals surface area contributed by atoms with Crippen LogP contribution in [0, 0.1) is 11.8 Å². The molecule has 1 unspecified atom stereocenters. The van der Waals surface area contributed by atoms with Crippen LogP contribution in [-0.2, 0) is 11.3 Å². The summed E-state index contributed by atoms with van der Waals surface area (Å²) in [6, 6.07) is 12.2. The normalized spacial score (nSPS) is 31.7. The Morgan fingerprint density at radius 3 is 2.24 bits per heavy atom. The molecule has 0 N–H and O–H groups in total. The van der Waals surface area contributed by atoms with Crippen LogP contribution in [0.25, 0.3) is 0 Å². The molecular weight excluding hydrogens is 308 g/mol. The van der Waals surface area contributed by atoms with E-state index in [1.807, 2.05) is 0 Å². The first-order valence-corrected chi connectivity index (χ1v) is 10.3. The Labute approximate surface area is 153 Å². The van der Waals surface area contributed by atoms with Crippen LogP contribution in [-0.4, -0.2) is 54.2 Å². The van der Waals surface area contributed by atoms with Crippen molar-refractivity contribution < 1.29 is 4.74 Å². The number of nitrogens with zero attached hydrogens (tertiary/aromatic N) is 2. The zero-order valence-corrected chi connectivity index (χ0v) is 15.9. The summed E-state index contributed by atoms with van der Waals surface area (Å²) in [5, 5.41) is 0. The van der Waals surface area contributed by atoms with Crippen molar-refractivity contribution in [1.82, 2.24) is 9.80 Å². The number of likely N-dealkylation sites (tertiary alicyclic amines) is 2. The molecule has 0 aromatic heterocycles. The van der Waals surface area contributed by atoms with Gasteiger partial charge in [0.25, 0.3) is 0 Å². The highest BCUT2D eigenvalue weighted by molar-refractivity contribution is 5.13. The molecule has 3 aliphatic rings. The highest BCUT2D eigenvalue weighted by Crippen LogP contribution is 2.41. The van der Waals surface area contributed by atoms with Crippen molar-refractivity contribution in [2.75, 3.05) is 26.2 Å². The Morgan fingerprint density at radius 1 is 1.00 bits per heavy atom. The van der Waals surface area contributed by atoms with Crippen molar-refractivity contribution >= 4 is 0 Å². The van der Waals surface area contributed by atoms with Gasteiger partial charge in [-0.05, 0) is 70.0 Å². The Kier molecular flexibility index (Phi) is 5.44. The molecule has 0 bridgehead atoms.